The molecule has 10 N–H and O–H groups in total. The van der Waals surface area contributed by atoms with Crippen molar-refractivity contribution in [2.24, 2.45) is 27.9 Å². The van der Waals surface area contributed by atoms with Gasteiger partial charge in [0.05, 0.1) is 34.7 Å². The number of aliphatic hydroxyl groups is 3. The summed E-state index contributed by atoms with van der Waals surface area (Å²) in [5.41, 5.74) is 11.0. The van der Waals surface area contributed by atoms with Gasteiger partial charge in [-0.25, -0.2) is 24.4 Å². The molecular formula is C67H78N10O14S. The molecule has 5 heterocycles. The third kappa shape index (κ3) is 13.5. The number of carboxylic acid groups (broad SMARTS) is 2. The van der Waals surface area contributed by atoms with Crippen molar-refractivity contribution in [3.8, 4) is 23.0 Å². The standard InChI is InChI=1S/C67H78N10O14S/c1-36(2)51(68)59(83)70-37(3)57(81)71-42-17-15-41(40(25-42)16-19-48-53(78)54(79)55(80)56(91-48)61(86)87)28-89-63(88)75(7)23-24-90-67-32-64(5)29-65(6,33-67)31-66(30-64,34-67)35-77-38(4)45(26-69-77)43-18-20-50(73-52(43)60(84)85)76-22-21-39-11-10-12-44(46(39)27-76)58(82)74-62-72-47-13-8-9-14-49(47)92-62/h8-15,17-18,20,25-26,36-37,48,51,53-56,78-80H,21-24,27-35,68H2,1-7H3,(H,70,83)(H,71,81)(H,84,85)(H,86,87)(H,72,74,82)/t37-,48-,51-,53-,54+,55-,56-,64?,65?,66?,67?/m0/s1. The Bertz CT molecular complexity index is 3900. The number of carbonyl (C=O) groups excluding carboxylic acids is 4. The zero-order chi connectivity index (χ0) is 65.8. The third-order valence-electron chi connectivity index (χ3n) is 18.8. The second kappa shape index (κ2) is 25.6. The quantitative estimate of drug-likeness (QED) is 0.0391. The summed E-state index contributed by atoms with van der Waals surface area (Å²) < 4.78 is 21.1. The Morgan fingerprint density at radius 1 is 0.870 bits per heavy atom. The van der Waals surface area contributed by atoms with Gasteiger partial charge in [0.15, 0.2) is 16.9 Å². The molecule has 2 aliphatic heterocycles. The summed E-state index contributed by atoms with van der Waals surface area (Å²) in [6.45, 7) is 13.3. The third-order valence-corrected chi connectivity index (χ3v) is 19.8. The molecule has 0 spiro atoms. The topological polar surface area (TPSA) is 343 Å². The van der Waals surface area contributed by atoms with Gasteiger partial charge in [0.1, 0.15) is 42.9 Å². The first-order chi connectivity index (χ1) is 43.6. The number of anilines is 3. The van der Waals surface area contributed by atoms with Crippen molar-refractivity contribution in [3.05, 3.63) is 118 Å². The van der Waals surface area contributed by atoms with Gasteiger partial charge in [0.25, 0.3) is 5.91 Å². The number of aliphatic carboxylic acids is 1. The number of aromatic nitrogens is 4. The summed E-state index contributed by atoms with van der Waals surface area (Å²) in [5.74, 6) is 1.61. The van der Waals surface area contributed by atoms with Crippen molar-refractivity contribution >= 4 is 73.9 Å². The average Bonchev–Trinajstić information content (AvgIpc) is 0.788. The van der Waals surface area contributed by atoms with E-state index in [2.05, 4.69) is 46.6 Å². The van der Waals surface area contributed by atoms with Crippen molar-refractivity contribution in [1.29, 1.82) is 0 Å². The number of benzene rings is 3. The van der Waals surface area contributed by atoms with Crippen LogP contribution in [0.2, 0.25) is 0 Å². The molecule has 2 unspecified atom stereocenters. The zero-order valence-corrected chi connectivity index (χ0v) is 53.2. The van der Waals surface area contributed by atoms with E-state index < -0.39 is 78.1 Å². The van der Waals surface area contributed by atoms with Gasteiger partial charge in [0.2, 0.25) is 11.8 Å². The van der Waals surface area contributed by atoms with Crippen molar-refractivity contribution in [2.45, 2.75) is 154 Å². The highest BCUT2D eigenvalue weighted by atomic mass is 32.1. The first kappa shape index (κ1) is 65.2. The average molecular weight is 1280 g/mol. The van der Waals surface area contributed by atoms with Crippen LogP contribution in [0.1, 0.15) is 122 Å². The maximum absolute atomic E-state index is 13.8. The summed E-state index contributed by atoms with van der Waals surface area (Å²) >= 11 is 1.41. The zero-order valence-electron chi connectivity index (χ0n) is 52.4. The number of rotatable bonds is 19. The van der Waals surface area contributed by atoms with Crippen LogP contribution in [0.25, 0.3) is 21.3 Å². The minimum absolute atomic E-state index is 0.0423. The van der Waals surface area contributed by atoms with Gasteiger partial charge < -0.3 is 65.9 Å². The summed E-state index contributed by atoms with van der Waals surface area (Å²) in [6, 6.07) is 19.7. The Morgan fingerprint density at radius 2 is 1.62 bits per heavy atom. The lowest BCUT2D eigenvalue weighted by molar-refractivity contribution is -0.248. The van der Waals surface area contributed by atoms with E-state index in [0.29, 0.717) is 59.3 Å². The molecule has 9 atom stereocenters. The maximum atomic E-state index is 13.8. The van der Waals surface area contributed by atoms with E-state index in [1.165, 1.54) is 35.3 Å². The van der Waals surface area contributed by atoms with Gasteiger partial charge in [-0.1, -0.05) is 81.2 Å². The lowest BCUT2D eigenvalue weighted by Crippen LogP contribution is -2.64. The molecule has 5 fully saturated rings. The molecule has 4 aliphatic carbocycles. The van der Waals surface area contributed by atoms with Crippen LogP contribution in [-0.2, 0) is 54.7 Å². The van der Waals surface area contributed by atoms with E-state index in [4.69, 9.17) is 30.0 Å². The van der Waals surface area contributed by atoms with Crippen LogP contribution in [0, 0.1) is 40.9 Å². The first-order valence-corrected chi connectivity index (χ1v) is 31.7. The number of hydrogen-bond acceptors (Lipinski definition) is 18. The Kier molecular flexibility index (Phi) is 18.1. The lowest BCUT2D eigenvalue weighted by atomic mass is 9.39. The highest BCUT2D eigenvalue weighted by Crippen LogP contribution is 2.72. The monoisotopic (exact) mass is 1280 g/mol. The normalized spacial score (nSPS) is 26.1. The molecule has 12 rings (SSSR count). The second-order valence-electron chi connectivity index (χ2n) is 26.8. The number of aliphatic hydroxyl groups excluding tert-OH is 3. The highest BCUT2D eigenvalue weighted by molar-refractivity contribution is 7.22. The summed E-state index contributed by atoms with van der Waals surface area (Å²) in [7, 11) is 1.59. The molecule has 4 bridgehead atoms. The molecule has 6 aromatic rings. The number of aromatic carboxylic acids is 1. The molecule has 3 aromatic heterocycles. The Balaban J connectivity index is 0.745. The van der Waals surface area contributed by atoms with Crippen LogP contribution < -0.4 is 26.6 Å². The largest absolute Gasteiger partial charge is 0.479 e. The second-order valence-corrected chi connectivity index (χ2v) is 27.9. The van der Waals surface area contributed by atoms with Gasteiger partial charge in [-0.05, 0) is 135 Å². The molecule has 24 nitrogen and oxygen atoms in total. The number of carbonyl (C=O) groups is 6. The van der Waals surface area contributed by atoms with E-state index in [-0.39, 0.29) is 64.8 Å². The number of hydrogen-bond donors (Lipinski definition) is 9. The molecule has 4 saturated carbocycles. The van der Waals surface area contributed by atoms with Crippen LogP contribution in [0.4, 0.5) is 21.4 Å². The number of pyridine rings is 1. The number of amides is 4. The molecule has 486 valence electrons. The van der Waals surface area contributed by atoms with Gasteiger partial charge in [0, 0.05) is 72.4 Å². The van der Waals surface area contributed by atoms with Gasteiger partial charge in [-0.2, -0.15) is 5.10 Å². The van der Waals surface area contributed by atoms with Crippen LogP contribution in [0.15, 0.2) is 79.0 Å². The number of nitrogens with one attached hydrogen (secondary N) is 3. The Hall–Kier alpha value is -8.35. The number of para-hydroxylation sites is 1. The summed E-state index contributed by atoms with van der Waals surface area (Å²) in [6.07, 6.45) is -2.04. The minimum atomic E-state index is -1.93. The molecule has 92 heavy (non-hydrogen) atoms. The van der Waals surface area contributed by atoms with Gasteiger partial charge in [-0.15, -0.1) is 0 Å². The molecule has 1 saturated heterocycles. The van der Waals surface area contributed by atoms with Crippen molar-refractivity contribution in [2.75, 3.05) is 42.3 Å². The van der Waals surface area contributed by atoms with Crippen LogP contribution in [0.5, 0.6) is 0 Å². The first-order valence-electron chi connectivity index (χ1n) is 30.9. The molecule has 25 heteroatoms. The predicted octanol–water partition coefficient (Wildman–Crippen LogP) is 6.49. The van der Waals surface area contributed by atoms with Gasteiger partial charge in [-0.3, -0.25) is 24.4 Å². The fourth-order valence-electron chi connectivity index (χ4n) is 15.3. The number of nitrogens with two attached hydrogens (primary N) is 1. The highest BCUT2D eigenvalue weighted by Gasteiger charge is 2.66. The van der Waals surface area contributed by atoms with Crippen LogP contribution in [0.3, 0.4) is 0 Å². The van der Waals surface area contributed by atoms with Crippen molar-refractivity contribution < 1.29 is 68.5 Å². The SMILES string of the molecule is Cc1c(-c2ccc(N3CCc4cccc(C(=O)Nc5nc6ccccc6s5)c4C3)nc2C(=O)O)cnn1CC12CC3(C)CC(C)(C1)CC(OCCN(C)C(=O)OCc1ccc(NC(=O)[C@H](C)NC(=O)[C@@H](N)C(C)C)cc1C#C[C@@H]1O[C@H](C(=O)O)[C@@H](O)[C@H](O)[C@H]1O)(C3)C2. The van der Waals surface area contributed by atoms with E-state index in [9.17, 15) is 54.3 Å². The number of ether oxygens (including phenoxy) is 3. The molecule has 6 aliphatic rings. The minimum Gasteiger partial charge on any atom is -0.479 e. The molecular weight excluding hydrogens is 1200 g/mol. The van der Waals surface area contributed by atoms with Crippen molar-refractivity contribution in [1.82, 2.24) is 30.0 Å². The predicted molar refractivity (Wildman–Crippen MR) is 340 cm³/mol. The van der Waals surface area contributed by atoms with E-state index in [1.54, 1.807) is 45.3 Å². The Labute approximate surface area is 535 Å². The number of fused-ring (bicyclic) bond motifs is 2. The van der Waals surface area contributed by atoms with E-state index in [0.717, 1.165) is 65.6 Å². The Morgan fingerprint density at radius 3 is 2.34 bits per heavy atom. The molecule has 3 aromatic carbocycles. The summed E-state index contributed by atoms with van der Waals surface area (Å²) in [5, 5.41) is 65.5. The van der Waals surface area contributed by atoms with E-state index in [1.807, 2.05) is 59.0 Å². The summed E-state index contributed by atoms with van der Waals surface area (Å²) in [4.78, 5) is 91.2. The van der Waals surface area contributed by atoms with Crippen molar-refractivity contribution in [3.63, 3.8) is 0 Å². The maximum Gasteiger partial charge on any atom is 0.409 e. The van der Waals surface area contributed by atoms with Gasteiger partial charge >= 0.3 is 18.0 Å². The number of thiazole rings is 1. The molecule has 0 radical (unpaired) electrons. The number of likely N-dealkylation sites (N-methyl/N-ethyl adjacent to an activating group) is 1. The smallest absolute Gasteiger partial charge is 0.409 e. The lowest BCUT2D eigenvalue weighted by Gasteiger charge is -2.69. The number of carboxylic acids is 2. The van der Waals surface area contributed by atoms with Crippen LogP contribution >= 0.6 is 11.3 Å². The fraction of sp³-hybridized carbons (Fsp3) is 0.478. The molecule has 4 amide bonds. The van der Waals surface area contributed by atoms with Crippen LogP contribution in [-0.4, -0.2) is 161 Å². The number of nitrogens with zero attached hydrogens (tertiary/aromatic N) is 6. The van der Waals surface area contributed by atoms with E-state index >= 15 is 0 Å². The fourth-order valence-corrected chi connectivity index (χ4v) is 16.2.